The maximum atomic E-state index is 14.3. The molecule has 14 heteroatoms. The predicted octanol–water partition coefficient (Wildman–Crippen LogP) is 5.39. The van der Waals surface area contributed by atoms with Gasteiger partial charge in [-0.15, -0.1) is 11.3 Å². The van der Waals surface area contributed by atoms with E-state index in [0.29, 0.717) is 43.5 Å². The molecule has 0 unspecified atom stereocenters. The zero-order valence-electron chi connectivity index (χ0n) is 34.1. The molecule has 2 aromatic rings. The van der Waals surface area contributed by atoms with Gasteiger partial charge in [0, 0.05) is 50.8 Å². The van der Waals surface area contributed by atoms with Gasteiger partial charge in [0.05, 0.1) is 18.4 Å². The molecule has 1 aromatic carbocycles. The molecule has 0 spiro atoms. The molecule has 1 saturated carbocycles. The van der Waals surface area contributed by atoms with Crippen LogP contribution in [0.2, 0.25) is 0 Å². The number of rotatable bonds is 20. The molecule has 0 saturated heterocycles. The van der Waals surface area contributed by atoms with E-state index >= 15 is 0 Å². The standard InChI is InChI=1S/C41H61N5O8S/c1-11-25(5)35(45-40(52)41(12-2)21-31(22-41)42-27(7)47)38(50)46(9)33(24(3)4)20-34(54-28(8)48)37-44-32(23-55-37)36(49)43-30(18-26(6)39(51)53-10)19-29-16-14-13-15-17-29/h13-17,23-26,30-31,33-35H,11-12,18-22H2,1-10H3,(H,42,47)(H,43,49)(H,45,52)/t25-,26-,30+,31?,33+,34+,35-,41?/m0/s1. The van der Waals surface area contributed by atoms with Crippen LogP contribution in [-0.4, -0.2) is 83.8 Å². The second-order valence-electron chi connectivity index (χ2n) is 15.5. The number of likely N-dealkylation sites (N-methyl/N-ethyl adjacent to an activating group) is 1. The van der Waals surface area contributed by atoms with Gasteiger partial charge in [-0.25, -0.2) is 4.98 Å². The second kappa shape index (κ2) is 20.5. The van der Waals surface area contributed by atoms with Crippen LogP contribution < -0.4 is 16.0 Å². The quantitative estimate of drug-likeness (QED) is 0.149. The van der Waals surface area contributed by atoms with Crippen molar-refractivity contribution in [3.05, 3.63) is 52.0 Å². The van der Waals surface area contributed by atoms with Crippen molar-refractivity contribution < 1.29 is 38.2 Å². The lowest BCUT2D eigenvalue weighted by Crippen LogP contribution is -2.61. The smallest absolute Gasteiger partial charge is 0.308 e. The minimum Gasteiger partial charge on any atom is -0.469 e. The van der Waals surface area contributed by atoms with E-state index in [-0.39, 0.29) is 53.7 Å². The normalized spacial score (nSPS) is 19.7. The van der Waals surface area contributed by atoms with Gasteiger partial charge in [-0.1, -0.05) is 78.3 Å². The van der Waals surface area contributed by atoms with Gasteiger partial charge in [0.1, 0.15) is 16.7 Å². The number of nitrogens with one attached hydrogen (secondary N) is 3. The first kappa shape index (κ1) is 45.1. The molecule has 304 valence electrons. The summed E-state index contributed by atoms with van der Waals surface area (Å²) in [6.07, 6.45) is 2.46. The number of aromatic nitrogens is 1. The minimum atomic E-state index is -0.855. The summed E-state index contributed by atoms with van der Waals surface area (Å²) in [6, 6.07) is 7.97. The summed E-state index contributed by atoms with van der Waals surface area (Å²) in [5.74, 6) is -2.61. The Balaban J connectivity index is 1.81. The van der Waals surface area contributed by atoms with E-state index in [0.717, 1.165) is 5.56 Å². The van der Waals surface area contributed by atoms with Gasteiger partial charge >= 0.3 is 11.9 Å². The van der Waals surface area contributed by atoms with Crippen molar-refractivity contribution in [1.29, 1.82) is 0 Å². The van der Waals surface area contributed by atoms with Crippen LogP contribution >= 0.6 is 11.3 Å². The number of esters is 2. The Labute approximate surface area is 330 Å². The number of methoxy groups -OCH3 is 1. The van der Waals surface area contributed by atoms with Gasteiger partial charge in [0.15, 0.2) is 6.10 Å². The minimum absolute atomic E-state index is 0.0735. The SMILES string of the molecule is CC[C@H](C)[C@H](NC(=O)C1(CC)CC(NC(C)=O)C1)C(=O)N(C)[C@H](C[C@@H](OC(C)=O)c1nc(C(=O)N[C@@H](Cc2ccccc2)C[C@H](C)C(=O)OC)cs1)C(C)C. The van der Waals surface area contributed by atoms with Crippen LogP contribution in [0, 0.1) is 23.2 Å². The maximum Gasteiger partial charge on any atom is 0.308 e. The summed E-state index contributed by atoms with van der Waals surface area (Å²) in [4.78, 5) is 84.2. The van der Waals surface area contributed by atoms with Gasteiger partial charge in [-0.2, -0.15) is 0 Å². The van der Waals surface area contributed by atoms with Crippen molar-refractivity contribution in [2.75, 3.05) is 14.2 Å². The van der Waals surface area contributed by atoms with Crippen molar-refractivity contribution in [2.45, 2.75) is 131 Å². The van der Waals surface area contributed by atoms with E-state index in [4.69, 9.17) is 9.47 Å². The molecular weight excluding hydrogens is 723 g/mol. The lowest BCUT2D eigenvalue weighted by molar-refractivity contribution is -0.150. The van der Waals surface area contributed by atoms with Crippen molar-refractivity contribution in [3.63, 3.8) is 0 Å². The van der Waals surface area contributed by atoms with Crippen LogP contribution in [0.5, 0.6) is 0 Å². The summed E-state index contributed by atoms with van der Waals surface area (Å²) in [7, 11) is 3.04. The maximum absolute atomic E-state index is 14.3. The Bertz CT molecular complexity index is 1620. The number of hydrogen-bond acceptors (Lipinski definition) is 10. The van der Waals surface area contributed by atoms with Gasteiger partial charge < -0.3 is 30.3 Å². The molecule has 3 N–H and O–H groups in total. The number of ether oxygens (including phenoxy) is 2. The number of carbonyl (C=O) groups excluding carboxylic acids is 6. The number of carbonyl (C=O) groups is 6. The molecular formula is C41H61N5O8S. The van der Waals surface area contributed by atoms with E-state index in [1.54, 1.807) is 24.3 Å². The summed E-state index contributed by atoms with van der Waals surface area (Å²) >= 11 is 1.19. The first-order valence-electron chi connectivity index (χ1n) is 19.3. The first-order chi connectivity index (χ1) is 25.9. The molecule has 6 atom stereocenters. The molecule has 1 aliphatic rings. The van der Waals surface area contributed by atoms with Gasteiger partial charge in [0.25, 0.3) is 5.91 Å². The molecule has 13 nitrogen and oxygen atoms in total. The molecule has 0 aliphatic heterocycles. The zero-order chi connectivity index (χ0) is 41.0. The average molecular weight is 784 g/mol. The third kappa shape index (κ3) is 12.3. The average Bonchev–Trinajstić information content (AvgIpc) is 3.63. The molecule has 55 heavy (non-hydrogen) atoms. The van der Waals surface area contributed by atoms with Crippen molar-refractivity contribution in [1.82, 2.24) is 25.8 Å². The predicted molar refractivity (Wildman–Crippen MR) is 211 cm³/mol. The Morgan fingerprint density at radius 3 is 2.18 bits per heavy atom. The van der Waals surface area contributed by atoms with Crippen LogP contribution in [0.25, 0.3) is 0 Å². The van der Waals surface area contributed by atoms with Crippen molar-refractivity contribution >= 4 is 46.9 Å². The zero-order valence-corrected chi connectivity index (χ0v) is 34.9. The topological polar surface area (TPSA) is 173 Å². The molecule has 4 amide bonds. The highest BCUT2D eigenvalue weighted by atomic mass is 32.1. The van der Waals surface area contributed by atoms with E-state index < -0.39 is 47.4 Å². The van der Waals surface area contributed by atoms with Gasteiger partial charge in [0.2, 0.25) is 17.7 Å². The summed E-state index contributed by atoms with van der Waals surface area (Å²) in [5, 5.41) is 11.0. The number of thiazole rings is 1. The number of amides is 4. The van der Waals surface area contributed by atoms with E-state index in [1.807, 2.05) is 65.0 Å². The Morgan fingerprint density at radius 2 is 1.64 bits per heavy atom. The fraction of sp³-hybridized carbons (Fsp3) is 0.634. The van der Waals surface area contributed by atoms with Crippen LogP contribution in [0.4, 0.5) is 0 Å². The lowest BCUT2D eigenvalue weighted by Gasteiger charge is -2.47. The Hall–Kier alpha value is -4.33. The largest absolute Gasteiger partial charge is 0.469 e. The van der Waals surface area contributed by atoms with E-state index in [9.17, 15) is 28.8 Å². The monoisotopic (exact) mass is 783 g/mol. The van der Waals surface area contributed by atoms with Crippen molar-refractivity contribution in [2.24, 2.45) is 23.2 Å². The van der Waals surface area contributed by atoms with Crippen LogP contribution in [0.3, 0.4) is 0 Å². The van der Waals surface area contributed by atoms with Crippen LogP contribution in [-0.2, 0) is 39.9 Å². The molecule has 1 aromatic heterocycles. The first-order valence-corrected chi connectivity index (χ1v) is 20.2. The fourth-order valence-electron chi connectivity index (χ4n) is 7.38. The van der Waals surface area contributed by atoms with Crippen LogP contribution in [0.15, 0.2) is 35.7 Å². The highest BCUT2D eigenvalue weighted by Crippen LogP contribution is 2.44. The summed E-state index contributed by atoms with van der Waals surface area (Å²) in [6.45, 7) is 14.3. The number of hydrogen-bond donors (Lipinski definition) is 3. The molecule has 1 heterocycles. The Kier molecular flexibility index (Phi) is 16.8. The summed E-state index contributed by atoms with van der Waals surface area (Å²) in [5.41, 5.74) is 0.481. The third-order valence-electron chi connectivity index (χ3n) is 10.9. The number of benzene rings is 1. The molecule has 1 fully saturated rings. The van der Waals surface area contributed by atoms with Gasteiger partial charge in [-0.05, 0) is 49.5 Å². The van der Waals surface area contributed by atoms with Crippen molar-refractivity contribution in [3.8, 4) is 0 Å². The molecule has 1 aliphatic carbocycles. The fourth-order valence-corrected chi connectivity index (χ4v) is 8.22. The van der Waals surface area contributed by atoms with Crippen LogP contribution in [0.1, 0.15) is 121 Å². The Morgan fingerprint density at radius 1 is 0.982 bits per heavy atom. The number of nitrogens with zero attached hydrogens (tertiary/aromatic N) is 2. The highest BCUT2D eigenvalue weighted by molar-refractivity contribution is 7.09. The van der Waals surface area contributed by atoms with E-state index in [2.05, 4.69) is 20.9 Å². The highest BCUT2D eigenvalue weighted by Gasteiger charge is 2.50. The summed E-state index contributed by atoms with van der Waals surface area (Å²) < 4.78 is 10.7. The molecule has 3 rings (SSSR count). The van der Waals surface area contributed by atoms with Gasteiger partial charge in [-0.3, -0.25) is 28.8 Å². The molecule has 0 bridgehead atoms. The lowest BCUT2D eigenvalue weighted by atomic mass is 9.63. The van der Waals surface area contributed by atoms with E-state index in [1.165, 1.54) is 32.3 Å². The third-order valence-corrected chi connectivity index (χ3v) is 11.9. The molecule has 0 radical (unpaired) electrons. The second-order valence-corrected chi connectivity index (χ2v) is 16.4.